The Kier molecular flexibility index (Phi) is 6.39. The summed E-state index contributed by atoms with van der Waals surface area (Å²) >= 11 is 3.47. The van der Waals surface area contributed by atoms with Gasteiger partial charge in [-0.25, -0.2) is 4.98 Å². The van der Waals surface area contributed by atoms with Crippen LogP contribution in [-0.4, -0.2) is 21.4 Å². The lowest BCUT2D eigenvalue weighted by Gasteiger charge is -2.19. The molecular weight excluding hydrogens is 428 g/mol. The molecule has 1 aromatic carbocycles. The number of aromatic nitrogens is 3. The van der Waals surface area contributed by atoms with Crippen LogP contribution in [0.25, 0.3) is 11.3 Å². The normalized spacial score (nSPS) is 22.0. The van der Waals surface area contributed by atoms with Gasteiger partial charge < -0.3 is 10.3 Å². The second kappa shape index (κ2) is 9.35. The zero-order valence-electron chi connectivity index (χ0n) is 16.2. The topological polar surface area (TPSA) is 70.7 Å². The van der Waals surface area contributed by atoms with Crippen LogP contribution in [-0.2, 0) is 11.3 Å². The molecule has 0 saturated heterocycles. The van der Waals surface area contributed by atoms with Crippen LogP contribution in [0.2, 0.25) is 0 Å². The minimum absolute atomic E-state index is 0.553. The van der Waals surface area contributed by atoms with Gasteiger partial charge in [0, 0.05) is 29.3 Å². The van der Waals surface area contributed by atoms with Crippen molar-refractivity contribution in [1.29, 1.82) is 0 Å². The van der Waals surface area contributed by atoms with Crippen LogP contribution in [0.15, 0.2) is 59.5 Å². The minimum Gasteiger partial charge on any atom is -0.355 e. The Morgan fingerprint density at radius 1 is 1.14 bits per heavy atom. The number of rotatable bonds is 5. The van der Waals surface area contributed by atoms with Gasteiger partial charge in [-0.1, -0.05) is 40.5 Å². The number of benzene rings is 1. The molecule has 1 amide bonds. The Morgan fingerprint density at radius 3 is 2.66 bits per heavy atom. The summed E-state index contributed by atoms with van der Waals surface area (Å²) in [7, 11) is 0. The molecule has 2 aromatic heterocycles. The number of hydrogen-bond donors (Lipinski definition) is 2. The van der Waals surface area contributed by atoms with E-state index in [4.69, 9.17) is 0 Å². The summed E-state index contributed by atoms with van der Waals surface area (Å²) in [5.41, 5.74) is 3.37. The second-order valence-corrected chi connectivity index (χ2v) is 8.75. The smallest absolute Gasteiger partial charge is 0.207 e. The van der Waals surface area contributed by atoms with Crippen molar-refractivity contribution in [2.75, 3.05) is 0 Å². The average molecular weight is 453 g/mol. The Balaban J connectivity index is 0.000000174. The molecule has 150 valence electrons. The lowest BCUT2D eigenvalue weighted by Crippen LogP contribution is -2.09. The first-order chi connectivity index (χ1) is 14.2. The van der Waals surface area contributed by atoms with E-state index in [2.05, 4.69) is 60.5 Å². The van der Waals surface area contributed by atoms with Gasteiger partial charge in [-0.3, -0.25) is 9.78 Å². The molecule has 29 heavy (non-hydrogen) atoms. The number of pyridine rings is 1. The summed E-state index contributed by atoms with van der Waals surface area (Å²) < 4.78 is 1.11. The second-order valence-electron chi connectivity index (χ2n) is 7.83. The first-order valence-electron chi connectivity index (χ1n) is 10.1. The van der Waals surface area contributed by atoms with Crippen molar-refractivity contribution >= 4 is 22.3 Å². The summed E-state index contributed by atoms with van der Waals surface area (Å²) in [5, 5.41) is 2.54. The van der Waals surface area contributed by atoms with Crippen LogP contribution in [0.5, 0.6) is 0 Å². The molecule has 2 heterocycles. The van der Waals surface area contributed by atoms with Gasteiger partial charge in [0.05, 0.1) is 11.9 Å². The summed E-state index contributed by atoms with van der Waals surface area (Å²) in [6.07, 6.45) is 11.7. The molecule has 5 rings (SSSR count). The van der Waals surface area contributed by atoms with E-state index < -0.39 is 0 Å². The van der Waals surface area contributed by atoms with Crippen molar-refractivity contribution in [3.05, 3.63) is 70.8 Å². The van der Waals surface area contributed by atoms with Crippen LogP contribution < -0.4 is 5.32 Å². The molecule has 3 atom stereocenters. The molecule has 2 aliphatic carbocycles. The van der Waals surface area contributed by atoms with E-state index in [1.165, 1.54) is 37.1 Å². The highest BCUT2D eigenvalue weighted by Gasteiger charge is 2.41. The molecule has 3 unspecified atom stereocenters. The zero-order valence-corrected chi connectivity index (χ0v) is 17.8. The quantitative estimate of drug-likeness (QED) is 0.530. The van der Waals surface area contributed by atoms with E-state index in [0.717, 1.165) is 27.6 Å². The van der Waals surface area contributed by atoms with Crippen molar-refractivity contribution in [2.24, 2.45) is 11.8 Å². The van der Waals surface area contributed by atoms with Crippen molar-refractivity contribution in [1.82, 2.24) is 20.3 Å². The molecule has 2 bridgehead atoms. The Labute approximate surface area is 179 Å². The molecule has 5 nitrogen and oxygen atoms in total. The number of fused-ring (bicyclic) bond motifs is 2. The van der Waals surface area contributed by atoms with Crippen LogP contribution in [0, 0.1) is 11.8 Å². The Hall–Kier alpha value is -2.47. The molecule has 3 aromatic rings. The third kappa shape index (κ3) is 4.93. The van der Waals surface area contributed by atoms with Gasteiger partial charge in [0.2, 0.25) is 6.41 Å². The molecule has 0 aliphatic heterocycles. The Bertz CT molecular complexity index is 926. The van der Waals surface area contributed by atoms with Gasteiger partial charge in [0.25, 0.3) is 0 Å². The van der Waals surface area contributed by atoms with Crippen LogP contribution in [0.1, 0.15) is 43.0 Å². The van der Waals surface area contributed by atoms with Crippen molar-refractivity contribution in [3.63, 3.8) is 0 Å². The zero-order chi connectivity index (χ0) is 20.1. The predicted octanol–water partition coefficient (Wildman–Crippen LogP) is 5.07. The third-order valence-electron chi connectivity index (χ3n) is 5.95. The van der Waals surface area contributed by atoms with Gasteiger partial charge in [-0.2, -0.15) is 0 Å². The molecule has 0 spiro atoms. The number of nitrogens with one attached hydrogen (secondary N) is 2. The monoisotopic (exact) mass is 452 g/mol. The van der Waals surface area contributed by atoms with Gasteiger partial charge in [0.1, 0.15) is 5.82 Å². The van der Waals surface area contributed by atoms with Crippen molar-refractivity contribution < 1.29 is 4.79 Å². The number of nitrogens with zero attached hydrogens (tertiary/aromatic N) is 2. The maximum Gasteiger partial charge on any atom is 0.207 e. The fourth-order valence-corrected chi connectivity index (χ4v) is 4.81. The highest BCUT2D eigenvalue weighted by Crippen LogP contribution is 2.52. The average Bonchev–Trinajstić information content (AvgIpc) is 3.51. The maximum atomic E-state index is 9.85. The number of amides is 1. The summed E-state index contributed by atoms with van der Waals surface area (Å²) in [4.78, 5) is 21.9. The third-order valence-corrected chi connectivity index (χ3v) is 6.48. The highest BCUT2D eigenvalue weighted by molar-refractivity contribution is 9.10. The number of hydrogen-bond acceptors (Lipinski definition) is 3. The number of aromatic amines is 1. The number of H-pyrrole nitrogens is 1. The van der Waals surface area contributed by atoms with E-state index >= 15 is 0 Å². The van der Waals surface area contributed by atoms with Crippen LogP contribution in [0.4, 0.5) is 0 Å². The van der Waals surface area contributed by atoms with E-state index in [1.54, 1.807) is 12.4 Å². The predicted molar refractivity (Wildman–Crippen MR) is 117 cm³/mol. The lowest BCUT2D eigenvalue weighted by atomic mass is 9.88. The number of carbonyl (C=O) groups is 1. The summed E-state index contributed by atoms with van der Waals surface area (Å²) in [6.45, 7) is 0.553. The molecule has 2 aliphatic rings. The van der Waals surface area contributed by atoms with Gasteiger partial charge in [-0.15, -0.1) is 0 Å². The lowest BCUT2D eigenvalue weighted by molar-refractivity contribution is -0.109. The van der Waals surface area contributed by atoms with Gasteiger partial charge in [-0.05, 0) is 60.4 Å². The van der Waals surface area contributed by atoms with Crippen molar-refractivity contribution in [2.45, 2.75) is 38.1 Å². The van der Waals surface area contributed by atoms with E-state index in [1.807, 2.05) is 18.3 Å². The van der Waals surface area contributed by atoms with Crippen molar-refractivity contribution in [3.8, 4) is 11.3 Å². The van der Waals surface area contributed by atoms with Gasteiger partial charge >= 0.3 is 0 Å². The molecule has 0 radical (unpaired) electrons. The van der Waals surface area contributed by atoms with Gasteiger partial charge in [0.15, 0.2) is 0 Å². The fourth-order valence-electron chi connectivity index (χ4n) is 4.54. The first kappa shape index (κ1) is 19.8. The number of halogens is 1. The van der Waals surface area contributed by atoms with Crippen LogP contribution in [0.3, 0.4) is 0 Å². The highest BCUT2D eigenvalue weighted by atomic mass is 79.9. The Morgan fingerprint density at radius 2 is 2.00 bits per heavy atom. The molecular formula is C23H25BrN4O. The maximum absolute atomic E-state index is 9.85. The largest absolute Gasteiger partial charge is 0.355 e. The number of imidazole rings is 1. The fraction of sp³-hybridized carbons (Fsp3) is 0.348. The van der Waals surface area contributed by atoms with E-state index in [0.29, 0.717) is 18.9 Å². The SMILES string of the molecule is Brc1ccc(-c2cnc(C3CC4CCC3C4)[nH]2)cc1.O=CNCc1cccnc1. The standard InChI is InChI=1S/C16H17BrN2.C7H8N2O/c17-13-5-3-11(4-6-13)15-9-18-16(19-15)14-8-10-1-2-12(14)7-10;10-6-9-5-7-2-1-3-8-4-7/h3-6,9-10,12,14H,1-2,7-8H2,(H,18,19);1-4,6H,5H2,(H,9,10). The first-order valence-corrected chi connectivity index (χ1v) is 10.9. The van der Waals surface area contributed by atoms with E-state index in [9.17, 15) is 4.79 Å². The van der Waals surface area contributed by atoms with Crippen LogP contribution >= 0.6 is 15.9 Å². The number of carbonyl (C=O) groups excluding carboxylic acids is 1. The molecule has 2 saturated carbocycles. The summed E-state index contributed by atoms with van der Waals surface area (Å²) in [5.74, 6) is 3.75. The summed E-state index contributed by atoms with van der Waals surface area (Å²) in [6, 6.07) is 12.1. The van der Waals surface area contributed by atoms with E-state index in [-0.39, 0.29) is 0 Å². The minimum atomic E-state index is 0.553. The molecule has 2 N–H and O–H groups in total. The molecule has 2 fully saturated rings. The molecule has 6 heteroatoms.